The maximum Gasteiger partial charge on any atom is 0.189 e. The molecule has 5 heteroatoms. The van der Waals surface area contributed by atoms with Crippen molar-refractivity contribution in [3.8, 4) is 11.5 Å². The fourth-order valence-corrected chi connectivity index (χ4v) is 3.47. The summed E-state index contributed by atoms with van der Waals surface area (Å²) in [5.41, 5.74) is 4.69. The van der Waals surface area contributed by atoms with Crippen LogP contribution in [0, 0.1) is 6.92 Å². The number of rotatable bonds is 8. The quantitative estimate of drug-likeness (QED) is 0.324. The van der Waals surface area contributed by atoms with E-state index in [1.807, 2.05) is 31.2 Å². The number of hydrogen-bond donors (Lipinski definition) is 0. The number of benzene rings is 2. The van der Waals surface area contributed by atoms with Gasteiger partial charge in [-0.05, 0) is 60.2 Å². The van der Waals surface area contributed by atoms with Crippen LogP contribution in [0.15, 0.2) is 54.9 Å². The van der Waals surface area contributed by atoms with Gasteiger partial charge in [-0.25, -0.2) is 0 Å². The smallest absolute Gasteiger partial charge is 0.189 e. The Balaban J connectivity index is 1.80. The molecular weight excluding hydrogens is 400 g/mol. The molecule has 0 atom stereocenters. The van der Waals surface area contributed by atoms with Crippen LogP contribution in [0.3, 0.4) is 0 Å². The van der Waals surface area contributed by atoms with Crippen LogP contribution in [0.4, 0.5) is 0 Å². The van der Waals surface area contributed by atoms with Crippen LogP contribution in [-0.2, 0) is 18.6 Å². The highest BCUT2D eigenvalue weighted by molar-refractivity contribution is 6.06. The highest BCUT2D eigenvalue weighted by atomic mass is 16.5. The molecule has 168 valence electrons. The van der Waals surface area contributed by atoms with Gasteiger partial charge in [0.1, 0.15) is 18.1 Å². The van der Waals surface area contributed by atoms with Crippen molar-refractivity contribution in [1.29, 1.82) is 0 Å². The van der Waals surface area contributed by atoms with E-state index in [0.29, 0.717) is 12.2 Å². The maximum absolute atomic E-state index is 12.4. The lowest BCUT2D eigenvalue weighted by molar-refractivity contribution is 0.104. The van der Waals surface area contributed by atoms with Crippen LogP contribution in [0.1, 0.15) is 60.3 Å². The van der Waals surface area contributed by atoms with Gasteiger partial charge in [0.15, 0.2) is 5.78 Å². The van der Waals surface area contributed by atoms with Crippen molar-refractivity contribution < 1.29 is 14.3 Å². The molecule has 32 heavy (non-hydrogen) atoms. The molecule has 0 bridgehead atoms. The number of methoxy groups -OCH3 is 1. The first-order chi connectivity index (χ1) is 15.2. The average molecular weight is 433 g/mol. The zero-order valence-electron chi connectivity index (χ0n) is 19.8. The molecule has 0 fully saturated rings. The van der Waals surface area contributed by atoms with Gasteiger partial charge in [-0.1, -0.05) is 45.0 Å². The molecule has 1 heterocycles. The second kappa shape index (κ2) is 9.86. The first kappa shape index (κ1) is 23.3. The van der Waals surface area contributed by atoms with Gasteiger partial charge in [-0.3, -0.25) is 9.48 Å². The van der Waals surface area contributed by atoms with Gasteiger partial charge in [-0.15, -0.1) is 0 Å². The summed E-state index contributed by atoms with van der Waals surface area (Å²) in [5, 5.41) is 4.16. The molecule has 3 aromatic rings. The molecular formula is C27H32N2O3. The van der Waals surface area contributed by atoms with Gasteiger partial charge in [0.25, 0.3) is 0 Å². The third-order valence-electron chi connectivity index (χ3n) is 5.30. The van der Waals surface area contributed by atoms with Gasteiger partial charge < -0.3 is 9.47 Å². The molecule has 0 spiro atoms. The van der Waals surface area contributed by atoms with Gasteiger partial charge in [0, 0.05) is 18.3 Å². The number of aryl methyl sites for hydroxylation is 2. The predicted octanol–water partition coefficient (Wildman–Crippen LogP) is 5.99. The standard InChI is InChI=1S/C27H32N2O3/c1-7-29-17-22(16-28-29)24(30)12-9-20-10-13-25(31-6)21(15-20)18-32-26-14-19(2)8-11-23(26)27(3,4)5/h8-17H,7,18H2,1-6H3/b12-9+. The number of carbonyl (C=O) groups is 1. The minimum atomic E-state index is -0.0760. The predicted molar refractivity (Wildman–Crippen MR) is 128 cm³/mol. The molecule has 0 aliphatic heterocycles. The van der Waals surface area contributed by atoms with E-state index in [9.17, 15) is 4.79 Å². The fourth-order valence-electron chi connectivity index (χ4n) is 3.47. The molecule has 0 radical (unpaired) electrons. The lowest BCUT2D eigenvalue weighted by atomic mass is 9.86. The van der Waals surface area contributed by atoms with Gasteiger partial charge in [-0.2, -0.15) is 5.10 Å². The number of hydrogen-bond acceptors (Lipinski definition) is 4. The Morgan fingerprint density at radius 1 is 1.12 bits per heavy atom. The Labute approximate surface area is 190 Å². The van der Waals surface area contributed by atoms with Crippen LogP contribution >= 0.6 is 0 Å². The van der Waals surface area contributed by atoms with Crippen molar-refractivity contribution in [3.05, 3.63) is 82.7 Å². The van der Waals surface area contributed by atoms with Gasteiger partial charge in [0.2, 0.25) is 0 Å². The first-order valence-corrected chi connectivity index (χ1v) is 10.9. The Morgan fingerprint density at radius 2 is 1.91 bits per heavy atom. The van der Waals surface area contributed by atoms with Gasteiger partial charge in [0.05, 0.1) is 18.9 Å². The zero-order valence-corrected chi connectivity index (χ0v) is 19.8. The van der Waals surface area contributed by atoms with Crippen LogP contribution < -0.4 is 9.47 Å². The Bertz CT molecular complexity index is 1120. The van der Waals surface area contributed by atoms with E-state index in [2.05, 4.69) is 51.0 Å². The average Bonchev–Trinajstić information content (AvgIpc) is 3.24. The molecule has 5 nitrogen and oxygen atoms in total. The molecule has 0 aliphatic rings. The van der Waals surface area contributed by atoms with E-state index in [1.54, 1.807) is 30.3 Å². The molecule has 0 saturated carbocycles. The topological polar surface area (TPSA) is 53.4 Å². The van der Waals surface area contributed by atoms with E-state index < -0.39 is 0 Å². The minimum Gasteiger partial charge on any atom is -0.496 e. The molecule has 0 unspecified atom stereocenters. The minimum absolute atomic E-state index is 0.0242. The molecule has 0 amide bonds. The van der Waals surface area contributed by atoms with E-state index in [0.717, 1.165) is 40.3 Å². The molecule has 0 N–H and O–H groups in total. The summed E-state index contributed by atoms with van der Waals surface area (Å²) >= 11 is 0. The number of allylic oxidation sites excluding steroid dienone is 1. The summed E-state index contributed by atoms with van der Waals surface area (Å²) in [6.45, 7) is 11.7. The number of nitrogens with zero attached hydrogens (tertiary/aromatic N) is 2. The van der Waals surface area contributed by atoms with Crippen LogP contribution in [0.25, 0.3) is 6.08 Å². The molecule has 1 aromatic heterocycles. The fraction of sp³-hybridized carbons (Fsp3) is 0.333. The second-order valence-electron chi connectivity index (χ2n) is 8.89. The van der Waals surface area contributed by atoms with Crippen LogP contribution in [0.5, 0.6) is 11.5 Å². The van der Waals surface area contributed by atoms with Crippen molar-refractivity contribution in [3.63, 3.8) is 0 Å². The Kier molecular flexibility index (Phi) is 7.18. The number of ketones is 1. The number of carbonyl (C=O) groups excluding carboxylic acids is 1. The molecule has 2 aromatic carbocycles. The Morgan fingerprint density at radius 3 is 2.56 bits per heavy atom. The summed E-state index contributed by atoms with van der Waals surface area (Å²) in [6.07, 6.45) is 6.73. The van der Waals surface area contributed by atoms with Crippen molar-refractivity contribution in [2.24, 2.45) is 0 Å². The molecule has 0 aliphatic carbocycles. The third kappa shape index (κ3) is 5.67. The lowest BCUT2D eigenvalue weighted by Gasteiger charge is -2.23. The van der Waals surface area contributed by atoms with Crippen LogP contribution in [0.2, 0.25) is 0 Å². The van der Waals surface area contributed by atoms with Crippen molar-refractivity contribution in [1.82, 2.24) is 9.78 Å². The van der Waals surface area contributed by atoms with E-state index in [1.165, 1.54) is 0 Å². The monoisotopic (exact) mass is 432 g/mol. The summed E-state index contributed by atoms with van der Waals surface area (Å²) in [6, 6.07) is 12.1. The van der Waals surface area contributed by atoms with Crippen molar-refractivity contribution in [2.75, 3.05) is 7.11 Å². The zero-order chi connectivity index (χ0) is 23.3. The largest absolute Gasteiger partial charge is 0.496 e. The van der Waals surface area contributed by atoms with E-state index >= 15 is 0 Å². The lowest BCUT2D eigenvalue weighted by Crippen LogP contribution is -2.13. The van der Waals surface area contributed by atoms with Crippen molar-refractivity contribution in [2.45, 2.75) is 53.2 Å². The Hall–Kier alpha value is -3.34. The highest BCUT2D eigenvalue weighted by Gasteiger charge is 2.19. The van der Waals surface area contributed by atoms with Gasteiger partial charge >= 0.3 is 0 Å². The van der Waals surface area contributed by atoms with E-state index in [-0.39, 0.29) is 11.2 Å². The second-order valence-corrected chi connectivity index (χ2v) is 8.89. The first-order valence-electron chi connectivity index (χ1n) is 10.9. The summed E-state index contributed by atoms with van der Waals surface area (Å²) in [7, 11) is 1.65. The molecule has 3 rings (SSSR count). The van der Waals surface area contributed by atoms with E-state index in [4.69, 9.17) is 9.47 Å². The summed E-state index contributed by atoms with van der Waals surface area (Å²) in [4.78, 5) is 12.4. The number of aromatic nitrogens is 2. The number of ether oxygens (including phenoxy) is 2. The third-order valence-corrected chi connectivity index (χ3v) is 5.30. The SMILES string of the molecule is CCn1cc(C(=O)/C=C/c2ccc(OC)c(COc3cc(C)ccc3C(C)(C)C)c2)cn1. The summed E-state index contributed by atoms with van der Waals surface area (Å²) < 4.78 is 13.5. The molecule has 0 saturated heterocycles. The summed E-state index contributed by atoms with van der Waals surface area (Å²) in [5.74, 6) is 1.55. The normalized spacial score (nSPS) is 11.7. The maximum atomic E-state index is 12.4. The van der Waals surface area contributed by atoms with Crippen molar-refractivity contribution >= 4 is 11.9 Å². The van der Waals surface area contributed by atoms with Crippen LogP contribution in [-0.4, -0.2) is 22.7 Å². The highest BCUT2D eigenvalue weighted by Crippen LogP contribution is 2.33.